The average molecular weight is 476 g/mol. The van der Waals surface area contributed by atoms with E-state index in [2.05, 4.69) is 46.5 Å². The number of carbonyl (C=O) groups is 1. The first-order valence-corrected chi connectivity index (χ1v) is 12.4. The Hall–Kier alpha value is -3.07. The molecule has 4 rings (SSSR count). The van der Waals surface area contributed by atoms with Crippen molar-refractivity contribution < 1.29 is 4.79 Å². The first-order valence-electron chi connectivity index (χ1n) is 12.4. The molecular weight excluding hydrogens is 438 g/mol. The second kappa shape index (κ2) is 12.1. The normalized spacial score (nSPS) is 15.0. The summed E-state index contributed by atoms with van der Waals surface area (Å²) >= 11 is 0. The molecule has 0 radical (unpaired) electrons. The molecule has 2 heterocycles. The maximum absolute atomic E-state index is 12.8. The lowest BCUT2D eigenvalue weighted by Crippen LogP contribution is -2.45. The number of likely N-dealkylation sites (N-methyl/N-ethyl adjacent to an activating group) is 1. The Bertz CT molecular complexity index is 1130. The van der Waals surface area contributed by atoms with Crippen LogP contribution >= 0.6 is 0 Å². The molecule has 0 spiro atoms. The molecule has 8 heteroatoms. The van der Waals surface area contributed by atoms with Gasteiger partial charge in [-0.05, 0) is 58.4 Å². The van der Waals surface area contributed by atoms with Crippen molar-refractivity contribution in [2.24, 2.45) is 0 Å². The lowest BCUT2D eigenvalue weighted by atomic mass is 10.1. The van der Waals surface area contributed by atoms with E-state index < -0.39 is 0 Å². The fourth-order valence-corrected chi connectivity index (χ4v) is 4.26. The van der Waals surface area contributed by atoms with Crippen LogP contribution in [0.15, 0.2) is 48.5 Å². The largest absolute Gasteiger partial charge is 0.369 e. The van der Waals surface area contributed by atoms with Gasteiger partial charge in [0, 0.05) is 56.6 Å². The number of rotatable bonds is 10. The van der Waals surface area contributed by atoms with E-state index in [-0.39, 0.29) is 5.91 Å². The summed E-state index contributed by atoms with van der Waals surface area (Å²) < 4.78 is 0. The predicted octanol–water partition coefficient (Wildman–Crippen LogP) is 3.24. The Morgan fingerprint density at radius 2 is 1.74 bits per heavy atom. The Kier molecular flexibility index (Phi) is 8.63. The molecular formula is C27H37N7O. The van der Waals surface area contributed by atoms with Gasteiger partial charge in [0.05, 0.1) is 11.2 Å². The molecule has 1 aliphatic rings. The van der Waals surface area contributed by atoms with Gasteiger partial charge in [0.15, 0.2) is 5.82 Å². The minimum absolute atomic E-state index is 0.0131. The summed E-state index contributed by atoms with van der Waals surface area (Å²) in [6.45, 7) is 6.72. The number of anilines is 2. The Morgan fingerprint density at radius 1 is 1.00 bits per heavy atom. The quantitative estimate of drug-likeness (QED) is 0.436. The van der Waals surface area contributed by atoms with E-state index in [1.807, 2.05) is 48.5 Å². The van der Waals surface area contributed by atoms with Crippen LogP contribution in [-0.2, 0) is 4.79 Å². The van der Waals surface area contributed by atoms with E-state index in [1.54, 1.807) is 0 Å². The zero-order valence-electron chi connectivity index (χ0n) is 21.1. The number of aromatic nitrogens is 2. The number of benzene rings is 2. The molecule has 2 N–H and O–H groups in total. The van der Waals surface area contributed by atoms with Gasteiger partial charge in [-0.2, -0.15) is 0 Å². The highest BCUT2D eigenvalue weighted by Crippen LogP contribution is 2.29. The molecule has 35 heavy (non-hydrogen) atoms. The molecule has 0 bridgehead atoms. The van der Waals surface area contributed by atoms with Crippen LogP contribution in [-0.4, -0.2) is 97.5 Å². The predicted molar refractivity (Wildman–Crippen MR) is 144 cm³/mol. The number of carbonyl (C=O) groups excluding carboxylic acids is 1. The molecule has 0 atom stereocenters. The summed E-state index contributed by atoms with van der Waals surface area (Å²) in [6.07, 6.45) is 1.48. The number of hydrogen-bond donors (Lipinski definition) is 2. The molecule has 1 amide bonds. The number of nitrogens with one attached hydrogen (secondary N) is 2. The van der Waals surface area contributed by atoms with Crippen molar-refractivity contribution in [2.75, 3.05) is 77.6 Å². The molecule has 3 aromatic rings. The van der Waals surface area contributed by atoms with Crippen molar-refractivity contribution in [1.82, 2.24) is 24.7 Å². The Labute approximate surface area is 208 Å². The molecule has 186 valence electrons. The fraction of sp³-hybridized carbons (Fsp3) is 0.444. The standard InChI is InChI=1S/C27H37N7O/c1-32(2)15-8-14-28-26-21-9-4-7-12-24(21)30-27(31-26)22-10-5-6-11-23(22)29-25(35)13-16-34-19-17-33(3)18-20-34/h4-7,9-12H,8,13-20H2,1-3H3,(H,29,35)(H,28,30,31). The highest BCUT2D eigenvalue weighted by atomic mass is 16.1. The number of para-hydroxylation sites is 2. The van der Waals surface area contributed by atoms with E-state index in [0.717, 1.165) is 80.2 Å². The first-order chi connectivity index (χ1) is 17.0. The van der Waals surface area contributed by atoms with Gasteiger partial charge < -0.3 is 25.3 Å². The van der Waals surface area contributed by atoms with Crippen molar-refractivity contribution >= 4 is 28.3 Å². The minimum atomic E-state index is 0.0131. The van der Waals surface area contributed by atoms with Crippen LogP contribution in [0.1, 0.15) is 12.8 Å². The lowest BCUT2D eigenvalue weighted by molar-refractivity contribution is -0.116. The van der Waals surface area contributed by atoms with E-state index in [1.165, 1.54) is 0 Å². The number of amides is 1. The van der Waals surface area contributed by atoms with Crippen LogP contribution in [0.25, 0.3) is 22.3 Å². The third-order valence-corrected chi connectivity index (χ3v) is 6.37. The second-order valence-electron chi connectivity index (χ2n) is 9.49. The van der Waals surface area contributed by atoms with Crippen LogP contribution in [0.3, 0.4) is 0 Å². The van der Waals surface area contributed by atoms with Crippen LogP contribution in [0.2, 0.25) is 0 Å². The third-order valence-electron chi connectivity index (χ3n) is 6.37. The number of piperazine rings is 1. The molecule has 0 aliphatic carbocycles. The van der Waals surface area contributed by atoms with Crippen LogP contribution in [0.5, 0.6) is 0 Å². The molecule has 8 nitrogen and oxygen atoms in total. The van der Waals surface area contributed by atoms with E-state index in [4.69, 9.17) is 9.97 Å². The SMILES string of the molecule is CN(C)CCCNc1nc(-c2ccccc2NC(=O)CCN2CCN(C)CC2)nc2ccccc12. The Morgan fingerprint density at radius 3 is 2.54 bits per heavy atom. The average Bonchev–Trinajstić information content (AvgIpc) is 2.86. The number of fused-ring (bicyclic) bond motifs is 1. The van der Waals surface area contributed by atoms with Gasteiger partial charge in [0.25, 0.3) is 0 Å². The topological polar surface area (TPSA) is 76.6 Å². The summed E-state index contributed by atoms with van der Waals surface area (Å²) in [5, 5.41) is 7.60. The van der Waals surface area contributed by atoms with Gasteiger partial charge in [-0.15, -0.1) is 0 Å². The van der Waals surface area contributed by atoms with Crippen molar-refractivity contribution in [3.8, 4) is 11.4 Å². The van der Waals surface area contributed by atoms with Crippen LogP contribution < -0.4 is 10.6 Å². The number of nitrogens with zero attached hydrogens (tertiary/aromatic N) is 5. The van der Waals surface area contributed by atoms with Gasteiger partial charge in [0.2, 0.25) is 5.91 Å². The summed E-state index contributed by atoms with van der Waals surface area (Å²) in [7, 11) is 6.30. The number of hydrogen-bond acceptors (Lipinski definition) is 7. The maximum Gasteiger partial charge on any atom is 0.225 e. The van der Waals surface area contributed by atoms with Crippen LogP contribution in [0.4, 0.5) is 11.5 Å². The van der Waals surface area contributed by atoms with E-state index in [0.29, 0.717) is 12.2 Å². The summed E-state index contributed by atoms with van der Waals surface area (Å²) in [5.41, 5.74) is 2.44. The molecule has 0 saturated carbocycles. The third kappa shape index (κ3) is 6.97. The minimum Gasteiger partial charge on any atom is -0.369 e. The molecule has 2 aromatic carbocycles. The van der Waals surface area contributed by atoms with E-state index >= 15 is 0 Å². The molecule has 0 unspecified atom stereocenters. The Balaban J connectivity index is 1.50. The monoisotopic (exact) mass is 475 g/mol. The van der Waals surface area contributed by atoms with Gasteiger partial charge in [-0.3, -0.25) is 4.79 Å². The molecule has 1 fully saturated rings. The van der Waals surface area contributed by atoms with Crippen molar-refractivity contribution in [1.29, 1.82) is 0 Å². The second-order valence-corrected chi connectivity index (χ2v) is 9.49. The zero-order valence-corrected chi connectivity index (χ0v) is 21.1. The molecule has 1 saturated heterocycles. The highest BCUT2D eigenvalue weighted by Gasteiger charge is 2.17. The van der Waals surface area contributed by atoms with Crippen molar-refractivity contribution in [3.05, 3.63) is 48.5 Å². The van der Waals surface area contributed by atoms with Crippen molar-refractivity contribution in [2.45, 2.75) is 12.8 Å². The maximum atomic E-state index is 12.8. The summed E-state index contributed by atoms with van der Waals surface area (Å²) in [6, 6.07) is 15.8. The van der Waals surface area contributed by atoms with Gasteiger partial charge in [-0.25, -0.2) is 9.97 Å². The molecule has 1 aliphatic heterocycles. The zero-order chi connectivity index (χ0) is 24.6. The lowest BCUT2D eigenvalue weighted by Gasteiger charge is -2.32. The first kappa shape index (κ1) is 25.0. The van der Waals surface area contributed by atoms with E-state index in [9.17, 15) is 4.79 Å². The molecule has 1 aromatic heterocycles. The van der Waals surface area contributed by atoms with Crippen LogP contribution in [0, 0.1) is 0 Å². The van der Waals surface area contributed by atoms with Gasteiger partial charge in [-0.1, -0.05) is 24.3 Å². The van der Waals surface area contributed by atoms with Gasteiger partial charge in [0.1, 0.15) is 5.82 Å². The highest BCUT2D eigenvalue weighted by molar-refractivity contribution is 5.96. The summed E-state index contributed by atoms with van der Waals surface area (Å²) in [4.78, 5) is 29.4. The van der Waals surface area contributed by atoms with Gasteiger partial charge >= 0.3 is 0 Å². The fourth-order valence-electron chi connectivity index (χ4n) is 4.26. The van der Waals surface area contributed by atoms with Crippen molar-refractivity contribution in [3.63, 3.8) is 0 Å². The smallest absolute Gasteiger partial charge is 0.225 e. The summed E-state index contributed by atoms with van der Waals surface area (Å²) in [5.74, 6) is 1.44.